The largest absolute Gasteiger partial charge is 0.478 e. The highest BCUT2D eigenvalue weighted by molar-refractivity contribution is 8.00. The minimum atomic E-state index is -1.35. The molecular formula is C17H23FO5S2. The number of aromatic carboxylic acids is 1. The molecule has 140 valence electrons. The number of methoxy groups -OCH3 is 2. The number of hydrogen-bond donors (Lipinski definition) is 1. The number of carboxylic acid groups (broad SMARTS) is 1. The topological polar surface area (TPSA) is 72.8 Å². The average Bonchev–Trinajstić information content (AvgIpc) is 2.59. The van der Waals surface area contributed by atoms with Crippen LogP contribution in [0.5, 0.6) is 0 Å². The van der Waals surface area contributed by atoms with E-state index in [0.29, 0.717) is 24.7 Å². The van der Waals surface area contributed by atoms with Gasteiger partial charge < -0.3 is 14.6 Å². The van der Waals surface area contributed by atoms with Gasteiger partial charge in [-0.15, -0.1) is 0 Å². The molecule has 1 N–H and O–H groups in total. The van der Waals surface area contributed by atoms with Crippen LogP contribution in [-0.2, 0) is 9.47 Å². The summed E-state index contributed by atoms with van der Waals surface area (Å²) in [6.45, 7) is 1.20. The van der Waals surface area contributed by atoms with Crippen molar-refractivity contribution in [2.45, 2.75) is 0 Å². The average molecular weight is 390 g/mol. The lowest BCUT2D eigenvalue weighted by Crippen LogP contribution is -2.21. The second-order valence-electron chi connectivity index (χ2n) is 5.20. The summed E-state index contributed by atoms with van der Waals surface area (Å²) >= 11 is 3.21. The van der Waals surface area contributed by atoms with Crippen LogP contribution in [0, 0.1) is 11.7 Å². The first-order chi connectivity index (χ1) is 12.0. The zero-order chi connectivity index (χ0) is 18.7. The van der Waals surface area contributed by atoms with Crippen LogP contribution in [0.1, 0.15) is 20.7 Å². The van der Waals surface area contributed by atoms with Gasteiger partial charge in [0.1, 0.15) is 5.82 Å². The van der Waals surface area contributed by atoms with E-state index in [1.807, 2.05) is 0 Å². The van der Waals surface area contributed by atoms with E-state index >= 15 is 0 Å². The van der Waals surface area contributed by atoms with Gasteiger partial charge in [-0.3, -0.25) is 4.79 Å². The molecule has 0 aliphatic carbocycles. The summed E-state index contributed by atoms with van der Waals surface area (Å²) in [6.07, 6.45) is 0. The Balaban J connectivity index is 2.78. The third-order valence-corrected chi connectivity index (χ3v) is 5.54. The monoisotopic (exact) mass is 390 g/mol. The molecule has 25 heavy (non-hydrogen) atoms. The number of carboxylic acids is 1. The van der Waals surface area contributed by atoms with Crippen LogP contribution in [-0.4, -0.2) is 67.3 Å². The first-order valence-electron chi connectivity index (χ1n) is 7.71. The van der Waals surface area contributed by atoms with Crippen LogP contribution in [0.3, 0.4) is 0 Å². The summed E-state index contributed by atoms with van der Waals surface area (Å²) in [5.74, 6) is 0.0542. The Hall–Kier alpha value is -1.09. The highest BCUT2D eigenvalue weighted by Crippen LogP contribution is 2.21. The lowest BCUT2D eigenvalue weighted by Gasteiger charge is -2.16. The summed E-state index contributed by atoms with van der Waals surface area (Å²) in [5, 5.41) is 8.88. The fourth-order valence-electron chi connectivity index (χ4n) is 2.01. The normalized spacial score (nSPS) is 11.0. The van der Waals surface area contributed by atoms with Gasteiger partial charge in [0.15, 0.2) is 5.78 Å². The van der Waals surface area contributed by atoms with E-state index in [-0.39, 0.29) is 17.3 Å². The number of thioether (sulfide) groups is 2. The van der Waals surface area contributed by atoms with Crippen molar-refractivity contribution >= 4 is 35.3 Å². The number of halogens is 1. The first-order valence-corrected chi connectivity index (χ1v) is 10.0. The summed E-state index contributed by atoms with van der Waals surface area (Å²) in [7, 11) is 3.24. The molecule has 0 aliphatic heterocycles. The summed E-state index contributed by atoms with van der Waals surface area (Å²) in [4.78, 5) is 23.6. The Bertz CT molecular complexity index is 556. The number of benzene rings is 1. The second-order valence-corrected chi connectivity index (χ2v) is 7.50. The molecule has 0 saturated carbocycles. The lowest BCUT2D eigenvalue weighted by molar-refractivity contribution is 0.0691. The third-order valence-electron chi connectivity index (χ3n) is 3.36. The van der Waals surface area contributed by atoms with Crippen molar-refractivity contribution in [3.8, 4) is 0 Å². The van der Waals surface area contributed by atoms with Crippen molar-refractivity contribution in [2.75, 3.05) is 50.4 Å². The van der Waals surface area contributed by atoms with Crippen molar-refractivity contribution in [3.05, 3.63) is 35.1 Å². The fraction of sp³-hybridized carbons (Fsp3) is 0.529. The maximum atomic E-state index is 13.9. The molecule has 0 radical (unpaired) electrons. The Morgan fingerprint density at radius 3 is 2.12 bits per heavy atom. The molecule has 8 heteroatoms. The number of ether oxygens (including phenoxy) is 2. The Morgan fingerprint density at radius 2 is 1.68 bits per heavy atom. The van der Waals surface area contributed by atoms with Crippen molar-refractivity contribution < 1.29 is 28.6 Å². The molecule has 0 fully saturated rings. The molecule has 0 bridgehead atoms. The zero-order valence-electron chi connectivity index (χ0n) is 14.3. The molecule has 0 atom stereocenters. The molecule has 1 aromatic carbocycles. The summed E-state index contributed by atoms with van der Waals surface area (Å²) < 4.78 is 23.9. The van der Waals surface area contributed by atoms with Gasteiger partial charge in [-0.1, -0.05) is 6.07 Å². The van der Waals surface area contributed by atoms with Gasteiger partial charge >= 0.3 is 5.97 Å². The molecule has 0 aromatic heterocycles. The van der Waals surface area contributed by atoms with Crippen molar-refractivity contribution in [2.24, 2.45) is 5.92 Å². The SMILES string of the molecule is COCCSCC(CSCCOC)C(=O)c1ccc(C(=O)O)c(F)c1. The van der Waals surface area contributed by atoms with E-state index in [1.54, 1.807) is 37.7 Å². The van der Waals surface area contributed by atoms with Gasteiger partial charge in [-0.25, -0.2) is 9.18 Å². The Morgan fingerprint density at radius 1 is 1.12 bits per heavy atom. The smallest absolute Gasteiger partial charge is 0.338 e. The van der Waals surface area contributed by atoms with Crippen molar-refractivity contribution in [3.63, 3.8) is 0 Å². The van der Waals surface area contributed by atoms with E-state index in [4.69, 9.17) is 14.6 Å². The molecule has 1 rings (SSSR count). The van der Waals surface area contributed by atoms with Gasteiger partial charge in [0.2, 0.25) is 0 Å². The number of rotatable bonds is 13. The first kappa shape index (κ1) is 22.0. The Labute approximate surface area is 155 Å². The quantitative estimate of drug-likeness (QED) is 0.410. The van der Waals surface area contributed by atoms with Crippen LogP contribution in [0.15, 0.2) is 18.2 Å². The molecule has 0 spiro atoms. The number of carbonyl (C=O) groups excluding carboxylic acids is 1. The van der Waals surface area contributed by atoms with Gasteiger partial charge in [0, 0.05) is 48.7 Å². The van der Waals surface area contributed by atoms with Crippen LogP contribution >= 0.6 is 23.5 Å². The zero-order valence-corrected chi connectivity index (χ0v) is 16.0. The van der Waals surface area contributed by atoms with Gasteiger partial charge in [0.25, 0.3) is 0 Å². The minimum Gasteiger partial charge on any atom is -0.478 e. The van der Waals surface area contributed by atoms with E-state index in [1.165, 1.54) is 6.07 Å². The molecule has 0 saturated heterocycles. The number of hydrogen-bond acceptors (Lipinski definition) is 6. The molecule has 0 aliphatic rings. The van der Waals surface area contributed by atoms with E-state index < -0.39 is 17.3 Å². The maximum absolute atomic E-state index is 13.9. The molecule has 1 aromatic rings. The van der Waals surface area contributed by atoms with Crippen LogP contribution in [0.4, 0.5) is 4.39 Å². The molecule has 0 heterocycles. The predicted molar refractivity (Wildman–Crippen MR) is 99.6 cm³/mol. The standard InChI is InChI=1S/C17H23FO5S2/c1-22-5-7-24-10-13(11-25-8-6-23-2)16(19)12-3-4-14(17(20)21)15(18)9-12/h3-4,9,13H,5-8,10-11H2,1-2H3,(H,20,21). The lowest BCUT2D eigenvalue weighted by atomic mass is 9.99. The van der Waals surface area contributed by atoms with E-state index in [9.17, 15) is 14.0 Å². The molecule has 0 unspecified atom stereocenters. The molecule has 5 nitrogen and oxygen atoms in total. The number of Topliss-reactive ketones (excluding diaryl/α,β-unsaturated/α-hetero) is 1. The van der Waals surface area contributed by atoms with Crippen LogP contribution < -0.4 is 0 Å². The van der Waals surface area contributed by atoms with Crippen molar-refractivity contribution in [1.29, 1.82) is 0 Å². The number of ketones is 1. The van der Waals surface area contributed by atoms with Crippen molar-refractivity contribution in [1.82, 2.24) is 0 Å². The highest BCUT2D eigenvalue weighted by Gasteiger charge is 2.22. The summed E-state index contributed by atoms with van der Waals surface area (Å²) in [5.41, 5.74) is -0.232. The third kappa shape index (κ3) is 7.77. The van der Waals surface area contributed by atoms with Gasteiger partial charge in [-0.2, -0.15) is 23.5 Å². The minimum absolute atomic E-state index is 0.175. The van der Waals surface area contributed by atoms with Crippen LogP contribution in [0.25, 0.3) is 0 Å². The van der Waals surface area contributed by atoms with Crippen LogP contribution in [0.2, 0.25) is 0 Å². The van der Waals surface area contributed by atoms with Gasteiger partial charge in [-0.05, 0) is 12.1 Å². The predicted octanol–water partition coefficient (Wildman–Crippen LogP) is 3.08. The maximum Gasteiger partial charge on any atom is 0.338 e. The molecule has 0 amide bonds. The summed E-state index contributed by atoms with van der Waals surface area (Å²) in [6, 6.07) is 3.53. The van der Waals surface area contributed by atoms with E-state index in [2.05, 4.69) is 0 Å². The second kappa shape index (κ2) is 12.3. The number of carbonyl (C=O) groups is 2. The van der Waals surface area contributed by atoms with Gasteiger partial charge in [0.05, 0.1) is 18.8 Å². The highest BCUT2D eigenvalue weighted by atomic mass is 32.2. The fourth-order valence-corrected chi connectivity index (χ4v) is 4.17. The Kier molecular flexibility index (Phi) is 10.8. The molecular weight excluding hydrogens is 367 g/mol. The van der Waals surface area contributed by atoms with E-state index in [0.717, 1.165) is 23.6 Å².